The fourth-order valence-corrected chi connectivity index (χ4v) is 2.98. The Kier molecular flexibility index (Phi) is 4.25. The predicted molar refractivity (Wildman–Crippen MR) is 76.2 cm³/mol. The molecule has 1 aliphatic rings. The van der Waals surface area contributed by atoms with E-state index in [0.717, 1.165) is 32.4 Å². The van der Waals surface area contributed by atoms with Gasteiger partial charge in [0.25, 0.3) is 0 Å². The van der Waals surface area contributed by atoms with E-state index in [0.29, 0.717) is 0 Å². The van der Waals surface area contributed by atoms with Gasteiger partial charge in [-0.3, -0.25) is 9.69 Å². The molecular formula is C16H23NO2. The van der Waals surface area contributed by atoms with Crippen molar-refractivity contribution >= 4 is 5.97 Å². The summed E-state index contributed by atoms with van der Waals surface area (Å²) in [5.41, 5.74) is 1.33. The number of nitrogens with zero attached hydrogens (tertiary/aromatic N) is 1. The SMILES string of the molecule is CC1(C)CC(C(=O)O)CCN1CCc1ccccc1. The Hall–Kier alpha value is -1.35. The quantitative estimate of drug-likeness (QED) is 0.906. The average molecular weight is 261 g/mol. The molecule has 104 valence electrons. The maximum Gasteiger partial charge on any atom is 0.306 e. The van der Waals surface area contributed by atoms with Crippen molar-refractivity contribution in [3.8, 4) is 0 Å². The summed E-state index contributed by atoms with van der Waals surface area (Å²) in [4.78, 5) is 13.5. The van der Waals surface area contributed by atoms with Crippen LogP contribution in [0.5, 0.6) is 0 Å². The van der Waals surface area contributed by atoms with Crippen LogP contribution in [0.2, 0.25) is 0 Å². The molecule has 1 aliphatic heterocycles. The third kappa shape index (κ3) is 3.57. The topological polar surface area (TPSA) is 40.5 Å². The van der Waals surface area contributed by atoms with Crippen LogP contribution in [0.1, 0.15) is 32.3 Å². The number of benzene rings is 1. The van der Waals surface area contributed by atoms with Gasteiger partial charge in [-0.25, -0.2) is 0 Å². The third-order valence-corrected chi connectivity index (χ3v) is 4.21. The first-order valence-electron chi connectivity index (χ1n) is 7.01. The van der Waals surface area contributed by atoms with Gasteiger partial charge in [-0.05, 0) is 45.2 Å². The number of rotatable bonds is 4. The van der Waals surface area contributed by atoms with Crippen LogP contribution in [0.15, 0.2) is 30.3 Å². The molecule has 3 heteroatoms. The van der Waals surface area contributed by atoms with E-state index in [9.17, 15) is 4.79 Å². The van der Waals surface area contributed by atoms with E-state index in [4.69, 9.17) is 5.11 Å². The Balaban J connectivity index is 1.93. The van der Waals surface area contributed by atoms with Gasteiger partial charge >= 0.3 is 5.97 Å². The van der Waals surface area contributed by atoms with Crippen molar-refractivity contribution < 1.29 is 9.90 Å². The first-order chi connectivity index (χ1) is 8.99. The summed E-state index contributed by atoms with van der Waals surface area (Å²) in [5.74, 6) is -0.821. The number of likely N-dealkylation sites (tertiary alicyclic amines) is 1. The Morgan fingerprint density at radius 3 is 2.63 bits per heavy atom. The van der Waals surface area contributed by atoms with Crippen molar-refractivity contribution in [3.63, 3.8) is 0 Å². The molecule has 0 saturated carbocycles. The molecule has 1 aromatic rings. The second-order valence-electron chi connectivity index (χ2n) is 6.06. The Morgan fingerprint density at radius 2 is 2.05 bits per heavy atom. The van der Waals surface area contributed by atoms with Crippen LogP contribution < -0.4 is 0 Å². The van der Waals surface area contributed by atoms with Gasteiger partial charge in [-0.15, -0.1) is 0 Å². The molecule has 0 aliphatic carbocycles. The van der Waals surface area contributed by atoms with Crippen LogP contribution in [0, 0.1) is 5.92 Å². The van der Waals surface area contributed by atoms with Crippen LogP contribution in [-0.2, 0) is 11.2 Å². The molecular weight excluding hydrogens is 238 g/mol. The average Bonchev–Trinajstić information content (AvgIpc) is 2.37. The number of aliphatic carboxylic acids is 1. The van der Waals surface area contributed by atoms with Gasteiger partial charge < -0.3 is 5.11 Å². The molecule has 0 spiro atoms. The zero-order chi connectivity index (χ0) is 13.9. The molecule has 1 unspecified atom stereocenters. The van der Waals surface area contributed by atoms with Gasteiger partial charge in [0.2, 0.25) is 0 Å². The van der Waals surface area contributed by atoms with Gasteiger partial charge in [-0.2, -0.15) is 0 Å². The van der Waals surface area contributed by atoms with Crippen LogP contribution >= 0.6 is 0 Å². The van der Waals surface area contributed by atoms with E-state index < -0.39 is 5.97 Å². The number of carbonyl (C=O) groups is 1. The molecule has 3 nitrogen and oxygen atoms in total. The van der Waals surface area contributed by atoms with Gasteiger partial charge in [-0.1, -0.05) is 30.3 Å². The van der Waals surface area contributed by atoms with Crippen LogP contribution in [0.4, 0.5) is 0 Å². The largest absolute Gasteiger partial charge is 0.481 e. The smallest absolute Gasteiger partial charge is 0.306 e. The normalized spacial score (nSPS) is 23.2. The minimum atomic E-state index is -0.643. The highest BCUT2D eigenvalue weighted by atomic mass is 16.4. The number of carboxylic acid groups (broad SMARTS) is 1. The lowest BCUT2D eigenvalue weighted by molar-refractivity contribution is -0.145. The zero-order valence-corrected chi connectivity index (χ0v) is 11.8. The molecule has 0 aromatic heterocycles. The van der Waals surface area contributed by atoms with Crippen molar-refractivity contribution in [1.82, 2.24) is 4.90 Å². The van der Waals surface area contributed by atoms with Gasteiger partial charge in [0.15, 0.2) is 0 Å². The molecule has 0 amide bonds. The summed E-state index contributed by atoms with van der Waals surface area (Å²) in [6.07, 6.45) is 2.55. The highest BCUT2D eigenvalue weighted by molar-refractivity contribution is 5.70. The monoisotopic (exact) mass is 261 g/mol. The molecule has 1 saturated heterocycles. The maximum absolute atomic E-state index is 11.1. The lowest BCUT2D eigenvalue weighted by Gasteiger charge is -2.44. The second-order valence-corrected chi connectivity index (χ2v) is 6.06. The molecule has 1 heterocycles. The lowest BCUT2D eigenvalue weighted by atomic mass is 9.82. The summed E-state index contributed by atoms with van der Waals surface area (Å²) in [6, 6.07) is 10.5. The van der Waals surface area contributed by atoms with Crippen molar-refractivity contribution in [3.05, 3.63) is 35.9 Å². The number of hydrogen-bond acceptors (Lipinski definition) is 2. The van der Waals surface area contributed by atoms with E-state index in [-0.39, 0.29) is 11.5 Å². The summed E-state index contributed by atoms with van der Waals surface area (Å²) >= 11 is 0. The van der Waals surface area contributed by atoms with Crippen LogP contribution in [0.3, 0.4) is 0 Å². The first-order valence-corrected chi connectivity index (χ1v) is 7.01. The van der Waals surface area contributed by atoms with E-state index in [1.807, 2.05) is 6.07 Å². The van der Waals surface area contributed by atoms with E-state index >= 15 is 0 Å². The van der Waals surface area contributed by atoms with Crippen LogP contribution in [-0.4, -0.2) is 34.6 Å². The number of carboxylic acids is 1. The van der Waals surface area contributed by atoms with Crippen LogP contribution in [0.25, 0.3) is 0 Å². The van der Waals surface area contributed by atoms with E-state index in [1.54, 1.807) is 0 Å². The Morgan fingerprint density at radius 1 is 1.37 bits per heavy atom. The number of hydrogen-bond donors (Lipinski definition) is 1. The fraction of sp³-hybridized carbons (Fsp3) is 0.562. The maximum atomic E-state index is 11.1. The van der Waals surface area contributed by atoms with E-state index in [1.165, 1.54) is 5.56 Å². The molecule has 1 aromatic carbocycles. The van der Waals surface area contributed by atoms with Gasteiger partial charge in [0.05, 0.1) is 5.92 Å². The zero-order valence-electron chi connectivity index (χ0n) is 11.8. The van der Waals surface area contributed by atoms with Gasteiger partial charge in [0.1, 0.15) is 0 Å². The van der Waals surface area contributed by atoms with E-state index in [2.05, 4.69) is 43.0 Å². The van der Waals surface area contributed by atoms with Crippen molar-refractivity contribution in [2.75, 3.05) is 13.1 Å². The molecule has 1 atom stereocenters. The predicted octanol–water partition coefficient (Wildman–Crippen LogP) is 2.80. The highest BCUT2D eigenvalue weighted by Gasteiger charge is 2.37. The molecule has 1 fully saturated rings. The molecule has 2 rings (SSSR count). The fourth-order valence-electron chi connectivity index (χ4n) is 2.98. The molecule has 1 N–H and O–H groups in total. The summed E-state index contributed by atoms with van der Waals surface area (Å²) in [6.45, 7) is 6.21. The third-order valence-electron chi connectivity index (χ3n) is 4.21. The second kappa shape index (κ2) is 5.74. The Bertz CT molecular complexity index is 428. The Labute approximate surface area is 115 Å². The summed E-state index contributed by atoms with van der Waals surface area (Å²) in [5, 5.41) is 9.15. The van der Waals surface area contributed by atoms with Crippen molar-refractivity contribution in [1.29, 1.82) is 0 Å². The number of piperidine rings is 1. The molecule has 0 bridgehead atoms. The summed E-state index contributed by atoms with van der Waals surface area (Å²) in [7, 11) is 0. The molecule has 19 heavy (non-hydrogen) atoms. The minimum Gasteiger partial charge on any atom is -0.481 e. The lowest BCUT2D eigenvalue weighted by Crippen LogP contribution is -2.51. The standard InChI is InChI=1S/C16H23NO2/c1-16(2)12-14(15(18)19)9-11-17(16)10-8-13-6-4-3-5-7-13/h3-7,14H,8-12H2,1-2H3,(H,18,19). The molecule has 0 radical (unpaired) electrons. The van der Waals surface area contributed by atoms with Gasteiger partial charge in [0, 0.05) is 12.1 Å². The summed E-state index contributed by atoms with van der Waals surface area (Å²) < 4.78 is 0. The van der Waals surface area contributed by atoms with Crippen molar-refractivity contribution in [2.45, 2.75) is 38.6 Å². The minimum absolute atomic E-state index is 0.0178. The highest BCUT2D eigenvalue weighted by Crippen LogP contribution is 2.31. The first kappa shape index (κ1) is 14.1. The van der Waals surface area contributed by atoms with Crippen molar-refractivity contribution in [2.24, 2.45) is 5.92 Å².